The summed E-state index contributed by atoms with van der Waals surface area (Å²) in [5.74, 6) is 0. The summed E-state index contributed by atoms with van der Waals surface area (Å²) in [6.45, 7) is 14.5. The van der Waals surface area contributed by atoms with E-state index in [1.54, 1.807) is 0 Å². The molecule has 3 heteroatoms. The molecule has 0 aliphatic carbocycles. The molecule has 110 valence electrons. The van der Waals surface area contributed by atoms with Crippen LogP contribution >= 0.6 is 0 Å². The quantitative estimate of drug-likeness (QED) is 0.802. The van der Waals surface area contributed by atoms with Crippen LogP contribution in [0.2, 0.25) is 0 Å². The zero-order valence-electron chi connectivity index (χ0n) is 13.4. The van der Waals surface area contributed by atoms with Crippen LogP contribution < -0.4 is 5.32 Å². The van der Waals surface area contributed by atoms with Gasteiger partial charge in [0.25, 0.3) is 0 Å². The van der Waals surface area contributed by atoms with E-state index in [1.807, 2.05) is 6.92 Å². The van der Waals surface area contributed by atoms with Crippen molar-refractivity contribution in [1.82, 2.24) is 10.2 Å². The van der Waals surface area contributed by atoms with Gasteiger partial charge in [-0.05, 0) is 71.5 Å². The third-order valence-corrected chi connectivity index (χ3v) is 4.21. The van der Waals surface area contributed by atoms with Gasteiger partial charge in [-0.2, -0.15) is 5.26 Å². The molecule has 0 bridgehead atoms. The molecule has 0 radical (unpaired) electrons. The molecule has 0 aromatic heterocycles. The molecule has 0 amide bonds. The summed E-state index contributed by atoms with van der Waals surface area (Å²) in [4.78, 5) is 2.55. The van der Waals surface area contributed by atoms with Gasteiger partial charge in [-0.3, -0.25) is 5.32 Å². The van der Waals surface area contributed by atoms with Gasteiger partial charge in [-0.15, -0.1) is 0 Å². The molecule has 0 aromatic carbocycles. The van der Waals surface area contributed by atoms with Crippen LogP contribution in [-0.2, 0) is 0 Å². The number of hydrogen-bond donors (Lipinski definition) is 1. The number of hydrogen-bond acceptors (Lipinski definition) is 3. The van der Waals surface area contributed by atoms with E-state index in [1.165, 1.54) is 25.9 Å². The van der Waals surface area contributed by atoms with Crippen molar-refractivity contribution in [2.24, 2.45) is 5.41 Å². The van der Waals surface area contributed by atoms with Crippen LogP contribution in [-0.4, -0.2) is 36.1 Å². The Labute approximate surface area is 119 Å². The second-order valence-electron chi connectivity index (χ2n) is 7.35. The fourth-order valence-corrected chi connectivity index (χ4v) is 2.84. The molecule has 1 heterocycles. The van der Waals surface area contributed by atoms with Crippen molar-refractivity contribution in [2.75, 3.05) is 19.6 Å². The lowest BCUT2D eigenvalue weighted by molar-refractivity contribution is 0.129. The maximum Gasteiger partial charge on any atom is 0.104 e. The zero-order valence-corrected chi connectivity index (χ0v) is 13.4. The summed E-state index contributed by atoms with van der Waals surface area (Å²) < 4.78 is 0. The number of rotatable bonds is 6. The van der Waals surface area contributed by atoms with Crippen molar-refractivity contribution in [2.45, 2.75) is 71.9 Å². The fraction of sp³-hybridized carbons (Fsp3) is 0.938. The van der Waals surface area contributed by atoms with Gasteiger partial charge in [-0.1, -0.05) is 13.8 Å². The number of nitriles is 1. The summed E-state index contributed by atoms with van der Waals surface area (Å²) in [5.41, 5.74) is 0.153. The maximum atomic E-state index is 9.31. The number of piperidine rings is 1. The lowest BCUT2D eigenvalue weighted by Gasteiger charge is -2.37. The largest absolute Gasteiger partial charge is 0.303 e. The first kappa shape index (κ1) is 16.5. The predicted molar refractivity (Wildman–Crippen MR) is 81.0 cm³/mol. The number of nitrogens with zero attached hydrogens (tertiary/aromatic N) is 2. The first-order valence-corrected chi connectivity index (χ1v) is 7.68. The maximum absolute atomic E-state index is 9.31. The van der Waals surface area contributed by atoms with Gasteiger partial charge >= 0.3 is 0 Å². The zero-order chi connectivity index (χ0) is 14.5. The van der Waals surface area contributed by atoms with E-state index in [0.717, 1.165) is 19.4 Å². The Morgan fingerprint density at radius 3 is 2.37 bits per heavy atom. The molecule has 1 unspecified atom stereocenters. The second-order valence-corrected chi connectivity index (χ2v) is 7.35. The van der Waals surface area contributed by atoms with E-state index in [9.17, 15) is 5.26 Å². The fourth-order valence-electron chi connectivity index (χ4n) is 2.84. The summed E-state index contributed by atoms with van der Waals surface area (Å²) in [5, 5.41) is 12.7. The van der Waals surface area contributed by atoms with Crippen LogP contribution in [0.25, 0.3) is 0 Å². The minimum Gasteiger partial charge on any atom is -0.303 e. The van der Waals surface area contributed by atoms with E-state index >= 15 is 0 Å². The highest BCUT2D eigenvalue weighted by Gasteiger charge is 2.27. The number of nitrogens with one attached hydrogen (secondary N) is 1. The standard InChI is InChI=1S/C16H31N3/c1-14(2)18-16(5,13-17)7-6-10-19-11-8-15(3,4)9-12-19/h14,18H,6-12H2,1-5H3. The normalized spacial score (nSPS) is 23.0. The highest BCUT2D eigenvalue weighted by Crippen LogP contribution is 2.29. The van der Waals surface area contributed by atoms with Crippen LogP contribution in [0.5, 0.6) is 0 Å². The Balaban J connectivity index is 2.28. The molecule has 1 atom stereocenters. The molecule has 0 aromatic rings. The molecule has 1 N–H and O–H groups in total. The van der Waals surface area contributed by atoms with Gasteiger partial charge in [0.1, 0.15) is 5.54 Å². The van der Waals surface area contributed by atoms with Crippen molar-refractivity contribution in [1.29, 1.82) is 5.26 Å². The van der Waals surface area contributed by atoms with E-state index in [-0.39, 0.29) is 5.54 Å². The summed E-state index contributed by atoms with van der Waals surface area (Å²) >= 11 is 0. The van der Waals surface area contributed by atoms with Crippen LogP contribution in [0.15, 0.2) is 0 Å². The third-order valence-electron chi connectivity index (χ3n) is 4.21. The first-order valence-electron chi connectivity index (χ1n) is 7.68. The van der Waals surface area contributed by atoms with Crippen molar-refractivity contribution >= 4 is 0 Å². The average molecular weight is 265 g/mol. The molecule has 3 nitrogen and oxygen atoms in total. The molecule has 0 saturated carbocycles. The van der Waals surface area contributed by atoms with Crippen LogP contribution in [0, 0.1) is 16.7 Å². The first-order chi connectivity index (χ1) is 8.76. The van der Waals surface area contributed by atoms with Gasteiger partial charge in [0.05, 0.1) is 6.07 Å². The van der Waals surface area contributed by atoms with Gasteiger partial charge < -0.3 is 4.90 Å². The average Bonchev–Trinajstić information content (AvgIpc) is 2.30. The molecule has 1 fully saturated rings. The Morgan fingerprint density at radius 1 is 1.32 bits per heavy atom. The Kier molecular flexibility index (Phi) is 5.82. The summed E-state index contributed by atoms with van der Waals surface area (Å²) in [7, 11) is 0. The Morgan fingerprint density at radius 2 is 1.89 bits per heavy atom. The number of likely N-dealkylation sites (tertiary alicyclic amines) is 1. The minimum absolute atomic E-state index is 0.362. The minimum atomic E-state index is -0.372. The topological polar surface area (TPSA) is 39.1 Å². The van der Waals surface area contributed by atoms with Crippen LogP contribution in [0.1, 0.15) is 60.3 Å². The molecule has 1 aliphatic heterocycles. The van der Waals surface area contributed by atoms with Crippen molar-refractivity contribution in [3.8, 4) is 6.07 Å². The molecule has 0 spiro atoms. The van der Waals surface area contributed by atoms with Crippen LogP contribution in [0.4, 0.5) is 0 Å². The SMILES string of the molecule is CC(C)NC(C)(C#N)CCCN1CCC(C)(C)CC1. The highest BCUT2D eigenvalue weighted by atomic mass is 15.1. The van der Waals surface area contributed by atoms with Gasteiger partial charge in [0.2, 0.25) is 0 Å². The van der Waals surface area contributed by atoms with Crippen molar-refractivity contribution in [3.05, 3.63) is 0 Å². The lowest BCUT2D eigenvalue weighted by Crippen LogP contribution is -2.45. The summed E-state index contributed by atoms with van der Waals surface area (Å²) in [6.07, 6.45) is 4.63. The Hall–Kier alpha value is -0.590. The Bertz CT molecular complexity index is 306. The van der Waals surface area contributed by atoms with E-state index in [0.29, 0.717) is 11.5 Å². The molecule has 1 aliphatic rings. The molecule has 19 heavy (non-hydrogen) atoms. The van der Waals surface area contributed by atoms with E-state index in [2.05, 4.69) is 44.0 Å². The molecular weight excluding hydrogens is 234 g/mol. The smallest absolute Gasteiger partial charge is 0.104 e. The monoisotopic (exact) mass is 265 g/mol. The van der Waals surface area contributed by atoms with Gasteiger partial charge in [0, 0.05) is 6.04 Å². The predicted octanol–water partition coefficient (Wildman–Crippen LogP) is 3.17. The van der Waals surface area contributed by atoms with E-state index < -0.39 is 0 Å². The van der Waals surface area contributed by atoms with Gasteiger partial charge in [-0.25, -0.2) is 0 Å². The van der Waals surface area contributed by atoms with Crippen molar-refractivity contribution in [3.63, 3.8) is 0 Å². The molecule has 1 rings (SSSR count). The third kappa shape index (κ3) is 5.93. The molecule has 1 saturated heterocycles. The van der Waals surface area contributed by atoms with E-state index in [4.69, 9.17) is 0 Å². The highest BCUT2D eigenvalue weighted by molar-refractivity contribution is 5.04. The second kappa shape index (κ2) is 6.72. The molecular formula is C16H31N3. The lowest BCUT2D eigenvalue weighted by atomic mass is 9.82. The van der Waals surface area contributed by atoms with Crippen molar-refractivity contribution < 1.29 is 0 Å². The summed E-state index contributed by atoms with van der Waals surface area (Å²) in [6, 6.07) is 2.79. The van der Waals surface area contributed by atoms with Gasteiger partial charge in [0.15, 0.2) is 0 Å². The van der Waals surface area contributed by atoms with Crippen LogP contribution in [0.3, 0.4) is 0 Å².